The zero-order valence-electron chi connectivity index (χ0n) is 11.8. The molecule has 0 aliphatic carbocycles. The first-order valence-electron chi connectivity index (χ1n) is 6.24. The standard InChI is InChI=1S/C12H16BrN3O3S2/c1-7(2)14-5-9-4-10(11(13)19-9)21(17,18)16-12-15-8(3)6-20-12/h4,6-7,14H,5H2,1-3H3,(H,15,16). The van der Waals surface area contributed by atoms with E-state index in [4.69, 9.17) is 4.42 Å². The topological polar surface area (TPSA) is 84.2 Å². The zero-order chi connectivity index (χ0) is 15.6. The molecule has 0 aliphatic rings. The summed E-state index contributed by atoms with van der Waals surface area (Å²) in [5, 5.41) is 5.28. The summed E-state index contributed by atoms with van der Waals surface area (Å²) in [6.45, 7) is 6.27. The molecular formula is C12H16BrN3O3S2. The highest BCUT2D eigenvalue weighted by Crippen LogP contribution is 2.28. The van der Waals surface area contributed by atoms with Crippen LogP contribution in [0, 0.1) is 6.92 Å². The van der Waals surface area contributed by atoms with Crippen LogP contribution in [0.25, 0.3) is 0 Å². The van der Waals surface area contributed by atoms with Crippen molar-refractivity contribution < 1.29 is 12.8 Å². The lowest BCUT2D eigenvalue weighted by atomic mass is 10.3. The fourth-order valence-corrected chi connectivity index (χ4v) is 4.48. The maximum Gasteiger partial charge on any atom is 0.268 e. The third-order valence-electron chi connectivity index (χ3n) is 2.52. The second-order valence-corrected chi connectivity index (χ2v) is 8.01. The van der Waals surface area contributed by atoms with Crippen LogP contribution < -0.4 is 10.0 Å². The molecule has 0 unspecified atom stereocenters. The largest absolute Gasteiger partial charge is 0.451 e. The van der Waals surface area contributed by atoms with Crippen LogP contribution >= 0.6 is 27.3 Å². The van der Waals surface area contributed by atoms with E-state index < -0.39 is 10.0 Å². The van der Waals surface area contributed by atoms with Gasteiger partial charge in [0.25, 0.3) is 10.0 Å². The van der Waals surface area contributed by atoms with Crippen LogP contribution in [0.15, 0.2) is 25.4 Å². The second-order valence-electron chi connectivity index (χ2n) is 4.79. The summed E-state index contributed by atoms with van der Waals surface area (Å²) < 4.78 is 32.7. The number of nitrogens with zero attached hydrogens (tertiary/aromatic N) is 1. The molecule has 0 amide bonds. The normalized spacial score (nSPS) is 12.0. The maximum atomic E-state index is 12.3. The van der Waals surface area contributed by atoms with Crippen LogP contribution in [0.4, 0.5) is 5.13 Å². The van der Waals surface area contributed by atoms with Gasteiger partial charge >= 0.3 is 0 Å². The summed E-state index contributed by atoms with van der Waals surface area (Å²) in [5.41, 5.74) is 0.769. The van der Waals surface area contributed by atoms with E-state index in [2.05, 4.69) is 31.0 Å². The van der Waals surface area contributed by atoms with Crippen molar-refractivity contribution in [3.63, 3.8) is 0 Å². The van der Waals surface area contributed by atoms with Gasteiger partial charge in [0.15, 0.2) is 9.80 Å². The molecule has 0 aromatic carbocycles. The molecule has 9 heteroatoms. The Morgan fingerprint density at radius 2 is 2.19 bits per heavy atom. The average molecular weight is 394 g/mol. The Hall–Kier alpha value is -0.900. The molecule has 0 aliphatic heterocycles. The van der Waals surface area contributed by atoms with Gasteiger partial charge in [-0.1, -0.05) is 13.8 Å². The monoisotopic (exact) mass is 393 g/mol. The summed E-state index contributed by atoms with van der Waals surface area (Å²) in [5.74, 6) is 0.547. The van der Waals surface area contributed by atoms with E-state index in [0.717, 1.165) is 5.69 Å². The molecule has 0 radical (unpaired) electrons. The van der Waals surface area contributed by atoms with Crippen LogP contribution in [0.5, 0.6) is 0 Å². The van der Waals surface area contributed by atoms with E-state index >= 15 is 0 Å². The predicted molar refractivity (Wildman–Crippen MR) is 86.0 cm³/mol. The Kier molecular flexibility index (Phi) is 5.07. The first-order chi connectivity index (χ1) is 9.78. The van der Waals surface area contributed by atoms with Crippen molar-refractivity contribution in [3.8, 4) is 0 Å². The number of aryl methyl sites for hydroxylation is 1. The van der Waals surface area contributed by atoms with Crippen molar-refractivity contribution in [1.29, 1.82) is 0 Å². The van der Waals surface area contributed by atoms with E-state index in [1.807, 2.05) is 13.8 Å². The number of sulfonamides is 1. The first-order valence-corrected chi connectivity index (χ1v) is 9.40. The fraction of sp³-hybridized carbons (Fsp3) is 0.417. The minimum Gasteiger partial charge on any atom is -0.451 e. The number of anilines is 1. The third-order valence-corrected chi connectivity index (χ3v) is 5.72. The smallest absolute Gasteiger partial charge is 0.268 e. The summed E-state index contributed by atoms with van der Waals surface area (Å²) in [6, 6.07) is 1.78. The van der Waals surface area contributed by atoms with E-state index in [1.54, 1.807) is 12.3 Å². The van der Waals surface area contributed by atoms with E-state index in [9.17, 15) is 8.42 Å². The first kappa shape index (κ1) is 16.5. The van der Waals surface area contributed by atoms with Gasteiger partial charge in [0.1, 0.15) is 10.7 Å². The van der Waals surface area contributed by atoms with Gasteiger partial charge in [0, 0.05) is 17.5 Å². The molecule has 2 aromatic heterocycles. The minimum absolute atomic E-state index is 0.0657. The average Bonchev–Trinajstić information content (AvgIpc) is 2.93. The maximum absolute atomic E-state index is 12.3. The molecule has 6 nitrogen and oxygen atoms in total. The van der Waals surface area contributed by atoms with Crippen LogP contribution in [0.3, 0.4) is 0 Å². The predicted octanol–water partition coefficient (Wildman–Crippen LogP) is 3.11. The molecule has 21 heavy (non-hydrogen) atoms. The Balaban J connectivity index is 2.19. The fourth-order valence-electron chi connectivity index (χ4n) is 1.54. The Morgan fingerprint density at radius 3 is 2.76 bits per heavy atom. The zero-order valence-corrected chi connectivity index (χ0v) is 15.0. The van der Waals surface area contributed by atoms with Gasteiger partial charge in [-0.05, 0) is 22.9 Å². The number of nitrogens with one attached hydrogen (secondary N) is 2. The van der Waals surface area contributed by atoms with Crippen LogP contribution in [0.2, 0.25) is 0 Å². The van der Waals surface area contributed by atoms with Crippen molar-refractivity contribution in [2.45, 2.75) is 38.3 Å². The van der Waals surface area contributed by atoms with Gasteiger partial charge < -0.3 is 9.73 Å². The van der Waals surface area contributed by atoms with E-state index in [-0.39, 0.29) is 15.6 Å². The van der Waals surface area contributed by atoms with Gasteiger partial charge in [0.2, 0.25) is 0 Å². The second kappa shape index (κ2) is 6.47. The molecular weight excluding hydrogens is 378 g/mol. The summed E-state index contributed by atoms with van der Waals surface area (Å²) in [6.07, 6.45) is 0. The lowest BCUT2D eigenvalue weighted by Gasteiger charge is -2.04. The SMILES string of the molecule is Cc1csc(NS(=O)(=O)c2cc(CNC(C)C)oc2Br)n1. The third kappa shape index (κ3) is 4.29. The van der Waals surface area contributed by atoms with Crippen molar-refractivity contribution in [2.75, 3.05) is 4.72 Å². The van der Waals surface area contributed by atoms with Crippen molar-refractivity contribution in [2.24, 2.45) is 0 Å². The molecule has 2 aromatic rings. The molecule has 0 bridgehead atoms. The lowest BCUT2D eigenvalue weighted by Crippen LogP contribution is -2.21. The molecule has 0 saturated heterocycles. The highest BCUT2D eigenvalue weighted by atomic mass is 79.9. The van der Waals surface area contributed by atoms with Gasteiger partial charge in [-0.3, -0.25) is 4.72 Å². The molecule has 2 N–H and O–H groups in total. The lowest BCUT2D eigenvalue weighted by molar-refractivity contribution is 0.447. The van der Waals surface area contributed by atoms with Gasteiger partial charge in [-0.2, -0.15) is 0 Å². The molecule has 0 saturated carbocycles. The number of furan rings is 1. The summed E-state index contributed by atoms with van der Waals surface area (Å²) in [7, 11) is -3.72. The van der Waals surface area contributed by atoms with Gasteiger partial charge in [0.05, 0.1) is 12.2 Å². The van der Waals surface area contributed by atoms with Gasteiger partial charge in [-0.15, -0.1) is 11.3 Å². The van der Waals surface area contributed by atoms with E-state index in [0.29, 0.717) is 17.4 Å². The van der Waals surface area contributed by atoms with Crippen LogP contribution in [-0.4, -0.2) is 19.4 Å². The van der Waals surface area contributed by atoms with Crippen LogP contribution in [0.1, 0.15) is 25.3 Å². The number of hydrogen-bond donors (Lipinski definition) is 2. The highest BCUT2D eigenvalue weighted by molar-refractivity contribution is 9.10. The number of hydrogen-bond acceptors (Lipinski definition) is 6. The molecule has 0 spiro atoms. The Bertz CT molecular complexity index is 722. The van der Waals surface area contributed by atoms with Crippen molar-refractivity contribution >= 4 is 42.4 Å². The van der Waals surface area contributed by atoms with E-state index in [1.165, 1.54) is 17.4 Å². The number of rotatable bonds is 6. The summed E-state index contributed by atoms with van der Waals surface area (Å²) in [4.78, 5) is 4.15. The van der Waals surface area contributed by atoms with Crippen LogP contribution in [-0.2, 0) is 16.6 Å². The van der Waals surface area contributed by atoms with Gasteiger partial charge in [-0.25, -0.2) is 13.4 Å². The Morgan fingerprint density at radius 1 is 1.48 bits per heavy atom. The minimum atomic E-state index is -3.72. The number of aromatic nitrogens is 1. The Labute approximate surface area is 136 Å². The number of halogens is 1. The highest BCUT2D eigenvalue weighted by Gasteiger charge is 2.23. The molecule has 0 fully saturated rings. The van der Waals surface area contributed by atoms with Crippen molar-refractivity contribution in [3.05, 3.63) is 27.6 Å². The summed E-state index contributed by atoms with van der Waals surface area (Å²) >= 11 is 4.39. The quantitative estimate of drug-likeness (QED) is 0.787. The van der Waals surface area contributed by atoms with Crippen molar-refractivity contribution in [1.82, 2.24) is 10.3 Å². The molecule has 0 atom stereocenters. The number of thiazole rings is 1. The molecule has 116 valence electrons. The molecule has 2 rings (SSSR count). The molecule has 2 heterocycles.